The van der Waals surface area contributed by atoms with Crippen molar-refractivity contribution in [2.75, 3.05) is 11.5 Å². The van der Waals surface area contributed by atoms with E-state index < -0.39 is 57.1 Å². The van der Waals surface area contributed by atoms with Crippen LogP contribution in [0.15, 0.2) is 48.7 Å². The zero-order valence-electron chi connectivity index (χ0n) is 15.8. The molecule has 0 aliphatic heterocycles. The van der Waals surface area contributed by atoms with Gasteiger partial charge in [-0.25, -0.2) is 4.21 Å². The summed E-state index contributed by atoms with van der Waals surface area (Å²) in [6.45, 7) is 0. The van der Waals surface area contributed by atoms with Crippen molar-refractivity contribution in [3.63, 3.8) is 0 Å². The van der Waals surface area contributed by atoms with Crippen molar-refractivity contribution in [1.82, 2.24) is 4.98 Å². The van der Waals surface area contributed by atoms with Gasteiger partial charge in [0.15, 0.2) is 0 Å². The number of aliphatic hydroxyl groups is 1. The number of benzene rings is 1. The fourth-order valence-electron chi connectivity index (χ4n) is 2.71. The van der Waals surface area contributed by atoms with Crippen molar-refractivity contribution in [2.45, 2.75) is 30.7 Å². The van der Waals surface area contributed by atoms with Gasteiger partial charge in [-0.2, -0.15) is 13.2 Å². The minimum atomic E-state index is -5.12. The Kier molecular flexibility index (Phi) is 7.22. The number of carboxylic acids is 1. The minimum Gasteiger partial charge on any atom is -0.480 e. The maximum atomic E-state index is 13.7. The molecule has 2 aromatic rings. The number of pyridine rings is 1. The molecule has 0 fully saturated rings. The number of hydrogen-bond donors (Lipinski definition) is 4. The SMILES string of the molecule is N=S(=O)(CCC(N)C(=O)O)CCC(O)(c1ccc(-c2ccccc2)cn1)C(F)(F)F. The molecule has 0 amide bonds. The second-order valence-electron chi connectivity index (χ2n) is 6.86. The lowest BCUT2D eigenvalue weighted by Crippen LogP contribution is -2.44. The van der Waals surface area contributed by atoms with Crippen LogP contribution in [0.3, 0.4) is 0 Å². The van der Waals surface area contributed by atoms with Crippen LogP contribution in [0.4, 0.5) is 13.2 Å². The van der Waals surface area contributed by atoms with E-state index >= 15 is 0 Å². The fourth-order valence-corrected chi connectivity index (χ4v) is 4.17. The predicted molar refractivity (Wildman–Crippen MR) is 105 cm³/mol. The first-order valence-electron chi connectivity index (χ1n) is 8.89. The molecule has 164 valence electrons. The highest BCUT2D eigenvalue weighted by atomic mass is 32.2. The van der Waals surface area contributed by atoms with Crippen molar-refractivity contribution in [3.8, 4) is 11.1 Å². The third-order valence-corrected chi connectivity index (χ3v) is 6.39. The summed E-state index contributed by atoms with van der Waals surface area (Å²) in [7, 11) is -3.59. The molecule has 7 nitrogen and oxygen atoms in total. The lowest BCUT2D eigenvalue weighted by Gasteiger charge is -2.30. The number of nitrogens with zero attached hydrogens (tertiary/aromatic N) is 1. The summed E-state index contributed by atoms with van der Waals surface area (Å²) >= 11 is 0. The average Bonchev–Trinajstić information content (AvgIpc) is 2.70. The molecule has 0 spiro atoms. The Hall–Kier alpha value is -2.50. The highest BCUT2D eigenvalue weighted by Gasteiger charge is 2.56. The van der Waals surface area contributed by atoms with E-state index in [0.29, 0.717) is 5.56 Å². The molecule has 0 bridgehead atoms. The van der Waals surface area contributed by atoms with Gasteiger partial charge in [-0.15, -0.1) is 0 Å². The molecule has 5 N–H and O–H groups in total. The minimum absolute atomic E-state index is 0.327. The van der Waals surface area contributed by atoms with E-state index in [0.717, 1.165) is 11.6 Å². The second kappa shape index (κ2) is 9.11. The van der Waals surface area contributed by atoms with Gasteiger partial charge in [-0.3, -0.25) is 14.6 Å². The number of nitrogens with two attached hydrogens (primary N) is 1. The first kappa shape index (κ1) is 23.8. The molecule has 1 aromatic heterocycles. The Morgan fingerprint density at radius 2 is 1.77 bits per heavy atom. The number of rotatable bonds is 9. The number of aromatic nitrogens is 1. The number of hydrogen-bond acceptors (Lipinski definition) is 6. The lowest BCUT2D eigenvalue weighted by molar-refractivity contribution is -0.268. The highest BCUT2D eigenvalue weighted by Crippen LogP contribution is 2.41. The summed E-state index contributed by atoms with van der Waals surface area (Å²) in [6.07, 6.45) is -5.31. The van der Waals surface area contributed by atoms with Crippen LogP contribution in [0.5, 0.6) is 0 Å². The normalized spacial score (nSPS) is 17.0. The van der Waals surface area contributed by atoms with Crippen molar-refractivity contribution < 1.29 is 32.4 Å². The van der Waals surface area contributed by atoms with Gasteiger partial charge in [0, 0.05) is 39.4 Å². The van der Waals surface area contributed by atoms with Gasteiger partial charge in [0.1, 0.15) is 6.04 Å². The van der Waals surface area contributed by atoms with Crippen LogP contribution in [0.25, 0.3) is 11.1 Å². The maximum absolute atomic E-state index is 13.7. The Bertz CT molecular complexity index is 967. The molecule has 0 saturated carbocycles. The lowest BCUT2D eigenvalue weighted by atomic mass is 9.94. The van der Waals surface area contributed by atoms with Gasteiger partial charge < -0.3 is 15.9 Å². The van der Waals surface area contributed by atoms with Crippen molar-refractivity contribution in [3.05, 3.63) is 54.4 Å². The van der Waals surface area contributed by atoms with E-state index in [-0.39, 0.29) is 6.42 Å². The second-order valence-corrected chi connectivity index (χ2v) is 9.30. The summed E-state index contributed by atoms with van der Waals surface area (Å²) in [5.41, 5.74) is 2.49. The van der Waals surface area contributed by atoms with Crippen LogP contribution in [0.1, 0.15) is 18.5 Å². The van der Waals surface area contributed by atoms with Crippen LogP contribution in [0.2, 0.25) is 0 Å². The van der Waals surface area contributed by atoms with Gasteiger partial charge >= 0.3 is 12.1 Å². The standard InChI is InChI=1S/C19H22F3N3O4S/c20-19(21,22)18(28,9-11-30(24,29)10-8-15(23)17(26)27)16-7-6-14(12-25-16)13-4-2-1-3-5-13/h1-7,12,15,24,28H,8-11,23H2,(H,26,27). The molecule has 0 aliphatic carbocycles. The Balaban J connectivity index is 2.21. The zero-order valence-corrected chi connectivity index (χ0v) is 16.6. The number of carbonyl (C=O) groups is 1. The molecule has 2 rings (SSSR count). The van der Waals surface area contributed by atoms with Gasteiger partial charge in [-0.1, -0.05) is 36.4 Å². The third-order valence-electron chi connectivity index (χ3n) is 4.63. The van der Waals surface area contributed by atoms with Gasteiger partial charge in [0.2, 0.25) is 5.60 Å². The van der Waals surface area contributed by atoms with E-state index in [4.69, 9.17) is 15.6 Å². The largest absolute Gasteiger partial charge is 0.480 e. The zero-order chi connectivity index (χ0) is 22.6. The topological polar surface area (TPSA) is 137 Å². The van der Waals surface area contributed by atoms with Gasteiger partial charge in [0.25, 0.3) is 0 Å². The molecule has 3 atom stereocenters. The third kappa shape index (κ3) is 5.77. The van der Waals surface area contributed by atoms with Crippen molar-refractivity contribution in [1.29, 1.82) is 4.78 Å². The van der Waals surface area contributed by atoms with Crippen LogP contribution in [0, 0.1) is 4.78 Å². The van der Waals surface area contributed by atoms with E-state index in [2.05, 4.69) is 4.98 Å². The molecule has 1 heterocycles. The number of carboxylic acid groups (broad SMARTS) is 1. The molecule has 30 heavy (non-hydrogen) atoms. The highest BCUT2D eigenvalue weighted by molar-refractivity contribution is 7.92. The van der Waals surface area contributed by atoms with Crippen LogP contribution < -0.4 is 5.73 Å². The van der Waals surface area contributed by atoms with Crippen LogP contribution in [-0.2, 0) is 20.1 Å². The summed E-state index contributed by atoms with van der Waals surface area (Å²) in [5.74, 6) is -2.65. The first-order valence-corrected chi connectivity index (χ1v) is 10.8. The molecule has 1 aromatic carbocycles. The summed E-state index contributed by atoms with van der Waals surface area (Å²) in [5, 5.41) is 19.1. The monoisotopic (exact) mass is 445 g/mol. The Labute approximate surface area is 171 Å². The molecular weight excluding hydrogens is 423 g/mol. The Morgan fingerprint density at radius 1 is 1.13 bits per heavy atom. The van der Waals surface area contributed by atoms with Crippen LogP contribution in [-0.4, -0.2) is 49.1 Å². The molecule has 11 heteroatoms. The molecule has 0 saturated heterocycles. The smallest absolute Gasteiger partial charge is 0.423 e. The maximum Gasteiger partial charge on any atom is 0.423 e. The van der Waals surface area contributed by atoms with Crippen molar-refractivity contribution in [2.24, 2.45) is 5.73 Å². The molecule has 3 unspecified atom stereocenters. The Morgan fingerprint density at radius 3 is 2.27 bits per heavy atom. The number of nitrogens with one attached hydrogen (secondary N) is 1. The summed E-state index contributed by atoms with van der Waals surface area (Å²) in [4.78, 5) is 14.5. The number of halogens is 3. The van der Waals surface area contributed by atoms with Crippen molar-refractivity contribution >= 4 is 15.7 Å². The molecular formula is C19H22F3N3O4S. The quantitative estimate of drug-likeness (QED) is 0.468. The first-order chi connectivity index (χ1) is 13.9. The van der Waals surface area contributed by atoms with Gasteiger partial charge in [0.05, 0.1) is 5.69 Å². The molecule has 0 aliphatic rings. The number of alkyl halides is 3. The number of aliphatic carboxylic acids is 1. The van der Waals surface area contributed by atoms with E-state index in [9.17, 15) is 27.3 Å². The van der Waals surface area contributed by atoms with E-state index in [1.807, 2.05) is 0 Å². The predicted octanol–water partition coefficient (Wildman–Crippen LogP) is 2.74. The average molecular weight is 445 g/mol. The fraction of sp³-hybridized carbons (Fsp3) is 0.368. The van der Waals surface area contributed by atoms with E-state index in [1.54, 1.807) is 30.3 Å². The van der Waals surface area contributed by atoms with Gasteiger partial charge in [-0.05, 0) is 18.1 Å². The summed E-state index contributed by atoms with van der Waals surface area (Å²) < 4.78 is 61.0. The van der Waals surface area contributed by atoms with Crippen LogP contribution >= 0.6 is 0 Å². The summed E-state index contributed by atoms with van der Waals surface area (Å²) in [6, 6.07) is 9.88. The molecule has 0 radical (unpaired) electrons. The van der Waals surface area contributed by atoms with E-state index in [1.165, 1.54) is 12.3 Å².